The van der Waals surface area contributed by atoms with E-state index >= 15 is 0 Å². The van der Waals surface area contributed by atoms with Crippen molar-refractivity contribution in [3.05, 3.63) is 52.5 Å². The van der Waals surface area contributed by atoms with E-state index < -0.39 is 17.6 Å². The molecule has 0 aromatic heterocycles. The molecule has 0 radical (unpaired) electrons. The minimum atomic E-state index is -0.866. The third-order valence-electron chi connectivity index (χ3n) is 6.21. The standard InChI is InChI=1S/C21H27ClF3N3/c1-21(27(2)14-6-5-7-14)10-11-28(13-21)17-12-16(23)15(20(25)19(17)22)8-3-4-9-18(24)26/h3-4,9,12,14H,5-8,10-11,13,26H2,1-2H3/b4-3-,18-9-/t21-/m1/s1. The van der Waals surface area contributed by atoms with E-state index in [0.717, 1.165) is 12.5 Å². The van der Waals surface area contributed by atoms with Crippen LogP contribution in [0.3, 0.4) is 0 Å². The average molecular weight is 414 g/mol. The van der Waals surface area contributed by atoms with Crippen molar-refractivity contribution in [2.75, 3.05) is 25.0 Å². The maximum absolute atomic E-state index is 14.7. The zero-order valence-corrected chi connectivity index (χ0v) is 17.1. The molecule has 3 nitrogen and oxygen atoms in total. The predicted molar refractivity (Wildman–Crippen MR) is 108 cm³/mol. The van der Waals surface area contributed by atoms with Crippen LogP contribution in [0.4, 0.5) is 18.9 Å². The molecule has 7 heteroatoms. The molecule has 28 heavy (non-hydrogen) atoms. The molecule has 3 rings (SSSR count). The summed E-state index contributed by atoms with van der Waals surface area (Å²) in [7, 11) is 2.14. The smallest absolute Gasteiger partial charge is 0.184 e. The first kappa shape index (κ1) is 21.1. The number of rotatable bonds is 6. The number of hydrogen-bond acceptors (Lipinski definition) is 3. The lowest BCUT2D eigenvalue weighted by molar-refractivity contribution is 0.0584. The second-order valence-corrected chi connectivity index (χ2v) is 8.41. The summed E-state index contributed by atoms with van der Waals surface area (Å²) in [4.78, 5) is 4.39. The fourth-order valence-corrected chi connectivity index (χ4v) is 4.32. The number of anilines is 1. The van der Waals surface area contributed by atoms with E-state index in [2.05, 4.69) is 18.9 Å². The highest BCUT2D eigenvalue weighted by Gasteiger charge is 2.42. The Morgan fingerprint density at radius 3 is 2.75 bits per heavy atom. The van der Waals surface area contributed by atoms with Crippen LogP contribution in [0.15, 0.2) is 30.2 Å². The molecule has 0 unspecified atom stereocenters. The van der Waals surface area contributed by atoms with Gasteiger partial charge in [-0.1, -0.05) is 30.2 Å². The van der Waals surface area contributed by atoms with Gasteiger partial charge in [-0.25, -0.2) is 8.78 Å². The Bertz CT molecular complexity index is 788. The second-order valence-electron chi connectivity index (χ2n) is 8.03. The van der Waals surface area contributed by atoms with Crippen molar-refractivity contribution in [2.24, 2.45) is 5.73 Å². The molecule has 1 aliphatic heterocycles. The van der Waals surface area contributed by atoms with E-state index in [1.165, 1.54) is 37.5 Å². The Kier molecular flexibility index (Phi) is 6.30. The van der Waals surface area contributed by atoms with Gasteiger partial charge in [0.25, 0.3) is 0 Å². The molecule has 1 saturated carbocycles. The second kappa shape index (κ2) is 8.37. The molecule has 1 saturated heterocycles. The van der Waals surface area contributed by atoms with Crippen molar-refractivity contribution in [1.29, 1.82) is 0 Å². The molecule has 1 aromatic carbocycles. The SMILES string of the molecule is CN(C1CCC1)[C@]1(C)CCN(c2cc(F)c(C/C=C\C=C(/N)F)c(F)c2Cl)C1. The lowest BCUT2D eigenvalue weighted by atomic mass is 9.87. The van der Waals surface area contributed by atoms with Gasteiger partial charge in [0, 0.05) is 30.2 Å². The summed E-state index contributed by atoms with van der Waals surface area (Å²) >= 11 is 6.27. The molecule has 2 N–H and O–H groups in total. The van der Waals surface area contributed by atoms with Gasteiger partial charge < -0.3 is 10.6 Å². The quantitative estimate of drug-likeness (QED) is 0.407. The Morgan fingerprint density at radius 2 is 2.14 bits per heavy atom. The van der Waals surface area contributed by atoms with Crippen molar-refractivity contribution in [1.82, 2.24) is 4.90 Å². The van der Waals surface area contributed by atoms with E-state index in [9.17, 15) is 13.2 Å². The fourth-order valence-electron chi connectivity index (χ4n) is 4.04. The average Bonchev–Trinajstić information content (AvgIpc) is 2.99. The Labute approximate surface area is 169 Å². The first-order valence-electron chi connectivity index (χ1n) is 9.65. The summed E-state index contributed by atoms with van der Waals surface area (Å²) in [5.74, 6) is -2.28. The number of benzene rings is 1. The molecule has 1 atom stereocenters. The first-order valence-corrected chi connectivity index (χ1v) is 10.0. The first-order chi connectivity index (χ1) is 13.2. The Morgan fingerprint density at radius 1 is 1.43 bits per heavy atom. The number of hydrogen-bond donors (Lipinski definition) is 1. The van der Waals surface area contributed by atoms with Crippen molar-refractivity contribution in [3.63, 3.8) is 0 Å². The van der Waals surface area contributed by atoms with Crippen molar-refractivity contribution < 1.29 is 13.2 Å². The number of nitrogens with zero attached hydrogens (tertiary/aromatic N) is 2. The fraction of sp³-hybridized carbons (Fsp3) is 0.524. The van der Waals surface area contributed by atoms with Gasteiger partial charge in [-0.15, -0.1) is 0 Å². The van der Waals surface area contributed by atoms with Crippen LogP contribution in [0.1, 0.15) is 38.2 Å². The summed E-state index contributed by atoms with van der Waals surface area (Å²) in [6.45, 7) is 3.58. The van der Waals surface area contributed by atoms with E-state index in [1.807, 2.05) is 4.90 Å². The largest absolute Gasteiger partial charge is 0.376 e. The third-order valence-corrected chi connectivity index (χ3v) is 6.57. The monoisotopic (exact) mass is 413 g/mol. The van der Waals surface area contributed by atoms with E-state index in [4.69, 9.17) is 17.3 Å². The molecule has 154 valence electrons. The maximum atomic E-state index is 14.7. The number of likely N-dealkylation sites (N-methyl/N-ethyl adjacent to an activating group) is 1. The van der Waals surface area contributed by atoms with Crippen LogP contribution in [0, 0.1) is 11.6 Å². The van der Waals surface area contributed by atoms with Crippen LogP contribution >= 0.6 is 11.6 Å². The van der Waals surface area contributed by atoms with Crippen LogP contribution in [-0.4, -0.2) is 36.6 Å². The van der Waals surface area contributed by atoms with E-state index in [1.54, 1.807) is 0 Å². The molecule has 0 amide bonds. The number of allylic oxidation sites excluding steroid dienone is 3. The van der Waals surface area contributed by atoms with Crippen molar-refractivity contribution in [3.8, 4) is 0 Å². The van der Waals surface area contributed by atoms with Gasteiger partial charge in [-0.3, -0.25) is 4.90 Å². The minimum Gasteiger partial charge on any atom is -0.376 e. The topological polar surface area (TPSA) is 32.5 Å². The third kappa shape index (κ3) is 4.18. The summed E-state index contributed by atoms with van der Waals surface area (Å²) in [6, 6.07) is 1.90. The highest BCUT2D eigenvalue weighted by Crippen LogP contribution is 2.40. The van der Waals surface area contributed by atoms with Gasteiger partial charge in [0.2, 0.25) is 0 Å². The van der Waals surface area contributed by atoms with E-state index in [0.29, 0.717) is 24.8 Å². The summed E-state index contributed by atoms with van der Waals surface area (Å²) in [5, 5.41) is -0.0686. The van der Waals surface area contributed by atoms with Crippen LogP contribution in [0.5, 0.6) is 0 Å². The Hall–Kier alpha value is -1.66. The highest BCUT2D eigenvalue weighted by molar-refractivity contribution is 6.33. The molecular weight excluding hydrogens is 387 g/mol. The molecule has 1 heterocycles. The van der Waals surface area contributed by atoms with Gasteiger partial charge in [-0.05, 0) is 51.8 Å². The summed E-state index contributed by atoms with van der Waals surface area (Å²) in [5.41, 5.74) is 5.10. The minimum absolute atomic E-state index is 0.0381. The highest BCUT2D eigenvalue weighted by atomic mass is 35.5. The number of halogens is 4. The van der Waals surface area contributed by atoms with Crippen LogP contribution < -0.4 is 10.6 Å². The molecule has 1 aromatic rings. The van der Waals surface area contributed by atoms with Crippen LogP contribution in [0.2, 0.25) is 5.02 Å². The predicted octanol–water partition coefficient (Wildman–Crippen LogP) is 4.94. The van der Waals surface area contributed by atoms with Gasteiger partial charge >= 0.3 is 0 Å². The normalized spacial score (nSPS) is 23.8. The molecule has 0 bridgehead atoms. The Balaban J connectivity index is 1.78. The van der Waals surface area contributed by atoms with Crippen LogP contribution in [0.25, 0.3) is 0 Å². The molecular formula is C21H27ClF3N3. The van der Waals surface area contributed by atoms with Crippen LogP contribution in [-0.2, 0) is 6.42 Å². The number of nitrogens with two attached hydrogens (primary N) is 1. The van der Waals surface area contributed by atoms with E-state index in [-0.39, 0.29) is 22.5 Å². The van der Waals surface area contributed by atoms with Gasteiger partial charge in [0.15, 0.2) is 5.95 Å². The lowest BCUT2D eigenvalue weighted by Crippen LogP contribution is -2.53. The summed E-state index contributed by atoms with van der Waals surface area (Å²) in [6.07, 6.45) is 8.34. The van der Waals surface area contributed by atoms with Crippen molar-refractivity contribution in [2.45, 2.75) is 50.6 Å². The van der Waals surface area contributed by atoms with Gasteiger partial charge in [0.1, 0.15) is 16.7 Å². The summed E-state index contributed by atoms with van der Waals surface area (Å²) < 4.78 is 41.8. The maximum Gasteiger partial charge on any atom is 0.184 e. The van der Waals surface area contributed by atoms with Crippen molar-refractivity contribution >= 4 is 17.3 Å². The molecule has 2 aliphatic rings. The zero-order chi connectivity index (χ0) is 20.5. The van der Waals surface area contributed by atoms with Gasteiger partial charge in [0.05, 0.1) is 5.69 Å². The lowest BCUT2D eigenvalue weighted by Gasteiger charge is -2.45. The molecule has 1 aliphatic carbocycles. The zero-order valence-electron chi connectivity index (χ0n) is 16.3. The molecule has 0 spiro atoms. The molecule has 2 fully saturated rings. The van der Waals surface area contributed by atoms with Gasteiger partial charge in [-0.2, -0.15) is 4.39 Å².